The molecule has 0 aliphatic carbocycles. The first-order chi connectivity index (χ1) is 13.0. The third kappa shape index (κ3) is 4.25. The second-order valence-electron chi connectivity index (χ2n) is 6.57. The lowest BCUT2D eigenvalue weighted by atomic mass is 9.91. The molecule has 1 aromatic carbocycles. The molecule has 0 saturated carbocycles. The van der Waals surface area contributed by atoms with Crippen molar-refractivity contribution in [3.8, 4) is 11.5 Å². The minimum atomic E-state index is -0.708. The van der Waals surface area contributed by atoms with Crippen molar-refractivity contribution in [3.05, 3.63) is 52.3 Å². The van der Waals surface area contributed by atoms with Crippen molar-refractivity contribution in [2.45, 2.75) is 18.9 Å². The van der Waals surface area contributed by atoms with Crippen LogP contribution in [-0.4, -0.2) is 48.3 Å². The average molecular weight is 435 g/mol. The molecular formula is C20H23BrN2O4. The smallest absolute Gasteiger partial charge is 0.306 e. The van der Waals surface area contributed by atoms with E-state index >= 15 is 0 Å². The van der Waals surface area contributed by atoms with Crippen LogP contribution in [0.25, 0.3) is 0 Å². The lowest BCUT2D eigenvalue weighted by Gasteiger charge is -2.37. The third-order valence-corrected chi connectivity index (χ3v) is 5.73. The van der Waals surface area contributed by atoms with Crippen LogP contribution in [0.1, 0.15) is 30.0 Å². The van der Waals surface area contributed by atoms with Crippen LogP contribution in [0.4, 0.5) is 0 Å². The second kappa shape index (κ2) is 8.71. The number of piperidine rings is 1. The number of nitrogens with zero attached hydrogens (tertiary/aromatic N) is 2. The second-order valence-corrected chi connectivity index (χ2v) is 7.42. The average Bonchev–Trinajstić information content (AvgIpc) is 2.70. The van der Waals surface area contributed by atoms with Gasteiger partial charge in [0.2, 0.25) is 0 Å². The predicted octanol–water partition coefficient (Wildman–Crippen LogP) is 3.75. The molecule has 1 N–H and O–H groups in total. The molecule has 1 unspecified atom stereocenters. The van der Waals surface area contributed by atoms with Crippen LogP contribution in [0.15, 0.2) is 41.1 Å². The highest BCUT2D eigenvalue weighted by atomic mass is 79.9. The van der Waals surface area contributed by atoms with Gasteiger partial charge in [-0.1, -0.05) is 22.0 Å². The Bertz CT molecular complexity index is 792. The van der Waals surface area contributed by atoms with Crippen LogP contribution < -0.4 is 9.47 Å². The number of hydrogen-bond donors (Lipinski definition) is 1. The predicted molar refractivity (Wildman–Crippen MR) is 105 cm³/mol. The first-order valence-corrected chi connectivity index (χ1v) is 9.62. The number of methoxy groups -OCH3 is 2. The molecule has 0 radical (unpaired) electrons. The lowest BCUT2D eigenvalue weighted by molar-refractivity contribution is -0.143. The number of rotatable bonds is 6. The summed E-state index contributed by atoms with van der Waals surface area (Å²) in [7, 11) is 3.23. The van der Waals surface area contributed by atoms with Gasteiger partial charge in [0.15, 0.2) is 11.5 Å². The fraction of sp³-hybridized carbons (Fsp3) is 0.400. The zero-order valence-corrected chi connectivity index (χ0v) is 17.0. The molecule has 1 atom stereocenters. The molecule has 144 valence electrons. The molecule has 2 aromatic rings. The SMILES string of the molecule is COc1cc(Br)c(C(c2cccnc2)N2CCC(C(=O)O)CC2)cc1OC. The van der Waals surface area contributed by atoms with Gasteiger partial charge < -0.3 is 14.6 Å². The van der Waals surface area contributed by atoms with E-state index < -0.39 is 5.97 Å². The van der Waals surface area contributed by atoms with Crippen LogP contribution in [0.5, 0.6) is 11.5 Å². The molecular weight excluding hydrogens is 412 g/mol. The highest BCUT2D eigenvalue weighted by molar-refractivity contribution is 9.10. The number of carbonyl (C=O) groups is 1. The van der Waals surface area contributed by atoms with Gasteiger partial charge in [-0.15, -0.1) is 0 Å². The van der Waals surface area contributed by atoms with Gasteiger partial charge in [0.25, 0.3) is 0 Å². The van der Waals surface area contributed by atoms with Crippen molar-refractivity contribution in [2.75, 3.05) is 27.3 Å². The quantitative estimate of drug-likeness (QED) is 0.746. The molecule has 3 rings (SSSR count). The number of pyridine rings is 1. The van der Waals surface area contributed by atoms with E-state index in [4.69, 9.17) is 9.47 Å². The number of likely N-dealkylation sites (tertiary alicyclic amines) is 1. The van der Waals surface area contributed by atoms with Crippen molar-refractivity contribution >= 4 is 21.9 Å². The number of carboxylic acids is 1. The van der Waals surface area contributed by atoms with Crippen LogP contribution in [0, 0.1) is 5.92 Å². The monoisotopic (exact) mass is 434 g/mol. The van der Waals surface area contributed by atoms with Gasteiger partial charge in [-0.3, -0.25) is 14.7 Å². The summed E-state index contributed by atoms with van der Waals surface area (Å²) in [6.07, 6.45) is 4.88. The summed E-state index contributed by atoms with van der Waals surface area (Å²) in [5, 5.41) is 9.30. The number of hydrogen-bond acceptors (Lipinski definition) is 5. The van der Waals surface area contributed by atoms with Crippen molar-refractivity contribution in [1.82, 2.24) is 9.88 Å². The highest BCUT2D eigenvalue weighted by Gasteiger charge is 2.31. The Morgan fingerprint density at radius 1 is 1.26 bits per heavy atom. The molecule has 1 aliphatic heterocycles. The van der Waals surface area contributed by atoms with Crippen LogP contribution in [0.3, 0.4) is 0 Å². The molecule has 27 heavy (non-hydrogen) atoms. The molecule has 0 amide bonds. The summed E-state index contributed by atoms with van der Waals surface area (Å²) in [5.74, 6) is 0.331. The van der Waals surface area contributed by atoms with E-state index in [1.165, 1.54) is 0 Å². The summed E-state index contributed by atoms with van der Waals surface area (Å²) in [6, 6.07) is 7.79. The number of aliphatic carboxylic acids is 1. The van der Waals surface area contributed by atoms with Crippen molar-refractivity contribution in [1.29, 1.82) is 0 Å². The zero-order chi connectivity index (χ0) is 19.4. The lowest BCUT2D eigenvalue weighted by Crippen LogP contribution is -2.39. The van der Waals surface area contributed by atoms with Crippen LogP contribution in [0.2, 0.25) is 0 Å². The van der Waals surface area contributed by atoms with E-state index in [0.29, 0.717) is 37.4 Å². The topological polar surface area (TPSA) is 71.9 Å². The first kappa shape index (κ1) is 19.6. The van der Waals surface area contributed by atoms with E-state index in [1.807, 2.05) is 30.5 Å². The number of ether oxygens (including phenoxy) is 2. The Kier molecular flexibility index (Phi) is 6.34. The Labute approximate surface area is 167 Å². The van der Waals surface area contributed by atoms with E-state index in [2.05, 4.69) is 25.8 Å². The molecule has 1 saturated heterocycles. The standard InChI is InChI=1S/C20H23BrN2O4/c1-26-17-10-15(16(21)11-18(17)27-2)19(14-4-3-7-22-12-14)23-8-5-13(6-9-23)20(24)25/h3-4,7,10-13,19H,5-6,8-9H2,1-2H3,(H,24,25). The van der Waals surface area contributed by atoms with Gasteiger partial charge in [-0.25, -0.2) is 0 Å². The van der Waals surface area contributed by atoms with Crippen LogP contribution >= 0.6 is 15.9 Å². The number of benzene rings is 1. The van der Waals surface area contributed by atoms with Gasteiger partial charge in [0, 0.05) is 16.9 Å². The first-order valence-electron chi connectivity index (χ1n) is 8.83. The third-order valence-electron chi connectivity index (χ3n) is 5.04. The maximum Gasteiger partial charge on any atom is 0.306 e. The molecule has 2 heterocycles. The minimum Gasteiger partial charge on any atom is -0.493 e. The summed E-state index contributed by atoms with van der Waals surface area (Å²) in [6.45, 7) is 1.41. The van der Waals surface area contributed by atoms with Crippen molar-refractivity contribution in [3.63, 3.8) is 0 Å². The zero-order valence-electron chi connectivity index (χ0n) is 15.4. The Morgan fingerprint density at radius 2 is 1.93 bits per heavy atom. The fourth-order valence-corrected chi connectivity index (χ4v) is 4.15. The maximum absolute atomic E-state index is 11.3. The van der Waals surface area contributed by atoms with Crippen molar-refractivity contribution in [2.24, 2.45) is 5.92 Å². The molecule has 1 aliphatic rings. The molecule has 1 fully saturated rings. The largest absolute Gasteiger partial charge is 0.493 e. The number of carboxylic acid groups (broad SMARTS) is 1. The van der Waals surface area contributed by atoms with Gasteiger partial charge in [-0.2, -0.15) is 0 Å². The molecule has 0 spiro atoms. The van der Waals surface area contributed by atoms with Crippen molar-refractivity contribution < 1.29 is 19.4 Å². The molecule has 0 bridgehead atoms. The summed E-state index contributed by atoms with van der Waals surface area (Å²) in [5.41, 5.74) is 2.09. The number of halogens is 1. The molecule has 7 heteroatoms. The minimum absolute atomic E-state index is 0.0531. The fourth-order valence-electron chi connectivity index (χ4n) is 3.61. The van der Waals surface area contributed by atoms with E-state index in [-0.39, 0.29) is 12.0 Å². The van der Waals surface area contributed by atoms with Gasteiger partial charge in [0.05, 0.1) is 26.2 Å². The van der Waals surface area contributed by atoms with Gasteiger partial charge >= 0.3 is 5.97 Å². The normalized spacial score (nSPS) is 16.7. The maximum atomic E-state index is 11.3. The van der Waals surface area contributed by atoms with E-state index in [0.717, 1.165) is 15.6 Å². The summed E-state index contributed by atoms with van der Waals surface area (Å²) in [4.78, 5) is 17.9. The summed E-state index contributed by atoms with van der Waals surface area (Å²) >= 11 is 3.67. The Morgan fingerprint density at radius 3 is 2.48 bits per heavy atom. The van der Waals surface area contributed by atoms with Gasteiger partial charge in [0.1, 0.15) is 0 Å². The molecule has 1 aromatic heterocycles. The van der Waals surface area contributed by atoms with Crippen LogP contribution in [-0.2, 0) is 4.79 Å². The Hall–Kier alpha value is -2.12. The van der Waals surface area contributed by atoms with E-state index in [9.17, 15) is 9.90 Å². The number of aromatic nitrogens is 1. The highest BCUT2D eigenvalue weighted by Crippen LogP contribution is 2.41. The Balaban J connectivity index is 2.01. The van der Waals surface area contributed by atoms with Gasteiger partial charge in [-0.05, 0) is 55.3 Å². The summed E-state index contributed by atoms with van der Waals surface area (Å²) < 4.78 is 11.8. The van der Waals surface area contributed by atoms with E-state index in [1.54, 1.807) is 20.4 Å². The molecule has 6 nitrogen and oxygen atoms in total.